The number of amides is 2. The molecule has 3 rings (SSSR count). The third-order valence-electron chi connectivity index (χ3n) is 6.42. The Labute approximate surface area is 260 Å². The lowest BCUT2D eigenvalue weighted by Crippen LogP contribution is -2.40. The number of anilines is 1. The van der Waals surface area contributed by atoms with Crippen molar-refractivity contribution in [2.24, 2.45) is 10.9 Å². The van der Waals surface area contributed by atoms with Crippen molar-refractivity contribution in [3.8, 4) is 17.0 Å². The van der Waals surface area contributed by atoms with Gasteiger partial charge in [0, 0.05) is 37.6 Å². The highest BCUT2D eigenvalue weighted by Crippen LogP contribution is 2.34. The van der Waals surface area contributed by atoms with Gasteiger partial charge in [-0.3, -0.25) is 19.0 Å². The molecule has 0 aliphatic heterocycles. The van der Waals surface area contributed by atoms with Crippen molar-refractivity contribution in [2.75, 3.05) is 33.1 Å². The lowest BCUT2D eigenvalue weighted by molar-refractivity contribution is -0.274. The van der Waals surface area contributed by atoms with Crippen LogP contribution in [0.15, 0.2) is 33.0 Å². The second-order valence-corrected chi connectivity index (χ2v) is 11.3. The van der Waals surface area contributed by atoms with Gasteiger partial charge in [-0.05, 0) is 38.1 Å². The van der Waals surface area contributed by atoms with Gasteiger partial charge in [0.05, 0.1) is 17.1 Å². The molecular formula is C28H33ClF3N5O6S. The molecule has 0 radical (unpaired) electrons. The summed E-state index contributed by atoms with van der Waals surface area (Å²) in [6.45, 7) is 4.94. The standard InChI is InChI=1S/C28H33ClF3N5O6S/c1-14(2)23(33-4)26(40)41-13-37-19(16-8-9-20(18(29)10-16)43-28(30,31)32)12-44-27(37)35-21(38)11-17-15(3)42-25(36(6)7)22(17)24(39)34-5/h8-10,12,14,23,33H,11,13H2,1-7H3,(H,34,39)/t23-/m0/s1. The van der Waals surface area contributed by atoms with Crippen molar-refractivity contribution in [3.63, 3.8) is 0 Å². The van der Waals surface area contributed by atoms with Gasteiger partial charge in [-0.25, -0.2) is 0 Å². The average Bonchev–Trinajstić information content (AvgIpc) is 3.47. The molecule has 2 heterocycles. The predicted molar refractivity (Wildman–Crippen MR) is 159 cm³/mol. The number of halogens is 4. The van der Waals surface area contributed by atoms with E-state index in [1.54, 1.807) is 38.3 Å². The molecule has 11 nitrogen and oxygen atoms in total. The summed E-state index contributed by atoms with van der Waals surface area (Å²) in [5.74, 6) is -1.66. The maximum atomic E-state index is 13.3. The number of hydrogen-bond donors (Lipinski definition) is 2. The van der Waals surface area contributed by atoms with Gasteiger partial charge in [0.1, 0.15) is 23.1 Å². The molecular weight excluding hydrogens is 627 g/mol. The van der Waals surface area contributed by atoms with Crippen LogP contribution >= 0.6 is 22.9 Å². The largest absolute Gasteiger partial charge is 0.573 e. The summed E-state index contributed by atoms with van der Waals surface area (Å²) in [5.41, 5.74) is 1.27. The first kappa shape index (κ1) is 34.7. The highest BCUT2D eigenvalue weighted by Gasteiger charge is 2.32. The molecule has 2 aromatic heterocycles. The molecule has 3 aromatic rings. The zero-order chi connectivity index (χ0) is 32.9. The molecule has 0 aliphatic carbocycles. The van der Waals surface area contributed by atoms with E-state index in [1.807, 2.05) is 13.8 Å². The fourth-order valence-electron chi connectivity index (χ4n) is 4.33. The quantitative estimate of drug-likeness (QED) is 0.288. The molecule has 240 valence electrons. The molecule has 0 bridgehead atoms. The maximum Gasteiger partial charge on any atom is 0.573 e. The first-order valence-electron chi connectivity index (χ1n) is 13.2. The third-order valence-corrected chi connectivity index (χ3v) is 7.58. The summed E-state index contributed by atoms with van der Waals surface area (Å²) in [7, 11) is 6.48. The van der Waals surface area contributed by atoms with Gasteiger partial charge >= 0.3 is 12.3 Å². The van der Waals surface area contributed by atoms with Crippen LogP contribution in [-0.4, -0.2) is 62.9 Å². The van der Waals surface area contributed by atoms with Crippen LogP contribution in [0.2, 0.25) is 5.02 Å². The van der Waals surface area contributed by atoms with Crippen molar-refractivity contribution in [1.29, 1.82) is 0 Å². The monoisotopic (exact) mass is 659 g/mol. The molecule has 0 saturated heterocycles. The molecule has 44 heavy (non-hydrogen) atoms. The second kappa shape index (κ2) is 14.3. The highest BCUT2D eigenvalue weighted by molar-refractivity contribution is 7.07. The third kappa shape index (κ3) is 8.21. The number of aromatic nitrogens is 1. The first-order chi connectivity index (χ1) is 20.6. The van der Waals surface area contributed by atoms with Crippen LogP contribution in [0.25, 0.3) is 11.3 Å². The Morgan fingerprint density at radius 3 is 2.43 bits per heavy atom. The molecule has 0 saturated carbocycles. The van der Waals surface area contributed by atoms with Crippen molar-refractivity contribution in [1.82, 2.24) is 15.2 Å². The number of furan rings is 1. The molecule has 1 aromatic carbocycles. The summed E-state index contributed by atoms with van der Waals surface area (Å²) in [5, 5.41) is 6.72. The number of thiazole rings is 1. The maximum absolute atomic E-state index is 13.3. The van der Waals surface area contributed by atoms with Crippen LogP contribution in [-0.2, 0) is 27.5 Å². The van der Waals surface area contributed by atoms with E-state index >= 15 is 0 Å². The number of benzene rings is 1. The predicted octanol–water partition coefficient (Wildman–Crippen LogP) is 4.51. The topological polar surface area (TPSA) is 127 Å². The van der Waals surface area contributed by atoms with E-state index < -0.39 is 35.9 Å². The van der Waals surface area contributed by atoms with Crippen molar-refractivity contribution < 1.29 is 41.4 Å². The number of ether oxygens (including phenoxy) is 2. The minimum atomic E-state index is -4.94. The first-order valence-corrected chi connectivity index (χ1v) is 14.5. The Morgan fingerprint density at radius 2 is 1.89 bits per heavy atom. The molecule has 16 heteroatoms. The Bertz CT molecular complexity index is 1590. The molecule has 1 atom stereocenters. The Morgan fingerprint density at radius 1 is 1.20 bits per heavy atom. The zero-order valence-electron chi connectivity index (χ0n) is 25.1. The summed E-state index contributed by atoms with van der Waals surface area (Å²) < 4.78 is 55.0. The summed E-state index contributed by atoms with van der Waals surface area (Å²) >= 11 is 7.12. The van der Waals surface area contributed by atoms with Gasteiger partial charge in [-0.2, -0.15) is 4.99 Å². The number of carbonyl (C=O) groups is 3. The van der Waals surface area contributed by atoms with Crippen LogP contribution in [0.5, 0.6) is 5.75 Å². The number of nitrogens with one attached hydrogen (secondary N) is 2. The fraction of sp³-hybridized carbons (Fsp3) is 0.429. The zero-order valence-corrected chi connectivity index (χ0v) is 26.7. The number of carbonyl (C=O) groups excluding carboxylic acids is 3. The van der Waals surface area contributed by atoms with E-state index in [2.05, 4.69) is 20.4 Å². The summed E-state index contributed by atoms with van der Waals surface area (Å²) in [4.78, 5) is 44.7. The molecule has 0 spiro atoms. The Hall–Kier alpha value is -3.82. The van der Waals surface area contributed by atoms with Crippen molar-refractivity contribution >= 4 is 46.6 Å². The normalized spacial score (nSPS) is 12.8. The minimum absolute atomic E-state index is 0.0927. The smallest absolute Gasteiger partial charge is 0.445 e. The van der Waals surface area contributed by atoms with E-state index in [9.17, 15) is 27.6 Å². The van der Waals surface area contributed by atoms with Crippen LogP contribution < -0.4 is 25.1 Å². The lowest BCUT2D eigenvalue weighted by Gasteiger charge is -2.19. The molecule has 0 unspecified atom stereocenters. The van der Waals surface area contributed by atoms with Crippen LogP contribution in [0.4, 0.5) is 19.1 Å². The van der Waals surface area contributed by atoms with E-state index in [4.69, 9.17) is 20.8 Å². The number of hydrogen-bond acceptors (Lipinski definition) is 9. The van der Waals surface area contributed by atoms with Crippen LogP contribution in [0.1, 0.15) is 35.5 Å². The van der Waals surface area contributed by atoms with Gasteiger partial charge in [-0.15, -0.1) is 24.5 Å². The molecule has 0 fully saturated rings. The number of esters is 1. The van der Waals surface area contributed by atoms with Gasteiger partial charge in [0.15, 0.2) is 11.5 Å². The Balaban J connectivity index is 2.06. The number of rotatable bonds is 11. The van der Waals surface area contributed by atoms with Gasteiger partial charge in [-0.1, -0.05) is 25.4 Å². The van der Waals surface area contributed by atoms with Crippen molar-refractivity contribution in [2.45, 2.75) is 46.3 Å². The average molecular weight is 660 g/mol. The molecule has 2 amide bonds. The number of aryl methyl sites for hydroxylation is 1. The number of nitrogens with zero attached hydrogens (tertiary/aromatic N) is 3. The highest BCUT2D eigenvalue weighted by atomic mass is 35.5. The van der Waals surface area contributed by atoms with Gasteiger partial charge in [0.25, 0.3) is 11.8 Å². The molecule has 0 aliphatic rings. The summed E-state index contributed by atoms with van der Waals surface area (Å²) in [6, 6.07) is 3.04. The van der Waals surface area contributed by atoms with E-state index in [0.717, 1.165) is 17.4 Å². The van der Waals surface area contributed by atoms with E-state index in [-0.39, 0.29) is 40.3 Å². The fourth-order valence-corrected chi connectivity index (χ4v) is 5.46. The van der Waals surface area contributed by atoms with Crippen LogP contribution in [0.3, 0.4) is 0 Å². The number of alkyl halides is 3. The minimum Gasteiger partial charge on any atom is -0.445 e. The second-order valence-electron chi connectivity index (χ2n) is 10.1. The summed E-state index contributed by atoms with van der Waals surface area (Å²) in [6.07, 6.45) is -5.21. The lowest BCUT2D eigenvalue weighted by atomic mass is 10.1. The van der Waals surface area contributed by atoms with E-state index in [0.29, 0.717) is 22.6 Å². The molecule has 2 N–H and O–H groups in total. The number of likely N-dealkylation sites (N-methyl/N-ethyl adjacent to an activating group) is 1. The van der Waals surface area contributed by atoms with Crippen LogP contribution in [0, 0.1) is 12.8 Å². The van der Waals surface area contributed by atoms with Crippen molar-refractivity contribution in [3.05, 3.63) is 50.3 Å². The SMILES string of the molecule is CNC(=O)c1c(N(C)C)oc(C)c1CC(=O)N=c1scc(-c2ccc(OC(F)(F)F)c(Cl)c2)n1COC(=O)[C@@H](NC)C(C)C. The van der Waals surface area contributed by atoms with E-state index in [1.165, 1.54) is 23.7 Å². The Kier molecular flexibility index (Phi) is 11.3. The van der Waals surface area contributed by atoms with Gasteiger partial charge < -0.3 is 29.4 Å². The van der Waals surface area contributed by atoms with Gasteiger partial charge in [0.2, 0.25) is 5.88 Å².